The molecule has 172 valence electrons. The van der Waals surface area contributed by atoms with Crippen LogP contribution in [0.5, 0.6) is 11.5 Å². The van der Waals surface area contributed by atoms with E-state index in [9.17, 15) is 13.2 Å². The Morgan fingerprint density at radius 1 is 1.21 bits per heavy atom. The minimum Gasteiger partial charge on any atom is -0.485 e. The van der Waals surface area contributed by atoms with Gasteiger partial charge in [0.15, 0.2) is 28.6 Å². The number of hydrogen-bond donors (Lipinski definition) is 2. The third-order valence-corrected chi connectivity index (χ3v) is 6.55. The van der Waals surface area contributed by atoms with Gasteiger partial charge in [0.25, 0.3) is 0 Å². The van der Waals surface area contributed by atoms with E-state index in [1.54, 1.807) is 6.08 Å². The number of anilines is 1. The van der Waals surface area contributed by atoms with Crippen molar-refractivity contribution in [3.05, 3.63) is 67.0 Å². The first-order chi connectivity index (χ1) is 15.8. The molecule has 2 heterocycles. The van der Waals surface area contributed by atoms with Crippen molar-refractivity contribution < 1.29 is 22.7 Å². The van der Waals surface area contributed by atoms with Gasteiger partial charge in [-0.2, -0.15) is 0 Å². The fraction of sp³-hybridized carbons (Fsp3) is 0.190. The molecule has 3 aromatic rings. The molecular formula is C21H21N5O5S2. The number of aromatic nitrogens is 3. The second kappa shape index (κ2) is 9.65. The lowest BCUT2D eigenvalue weighted by Crippen LogP contribution is -2.25. The van der Waals surface area contributed by atoms with E-state index in [2.05, 4.69) is 22.1 Å². The van der Waals surface area contributed by atoms with Crippen molar-refractivity contribution in [1.82, 2.24) is 14.8 Å². The third-order valence-electron chi connectivity index (χ3n) is 4.65. The fourth-order valence-electron chi connectivity index (χ4n) is 3.15. The summed E-state index contributed by atoms with van der Waals surface area (Å²) in [4.78, 5) is 12.4. The smallest absolute Gasteiger partial charge is 0.238 e. The summed E-state index contributed by atoms with van der Waals surface area (Å²) >= 11 is 1.21. The molecule has 2 aromatic carbocycles. The van der Waals surface area contributed by atoms with Crippen LogP contribution in [0.2, 0.25) is 0 Å². The summed E-state index contributed by atoms with van der Waals surface area (Å²) in [6.45, 7) is 4.50. The van der Waals surface area contributed by atoms with Crippen LogP contribution in [-0.4, -0.2) is 41.4 Å². The van der Waals surface area contributed by atoms with Crippen molar-refractivity contribution >= 4 is 33.4 Å². The zero-order chi connectivity index (χ0) is 23.4. The topological polar surface area (TPSA) is 138 Å². The molecule has 0 saturated heterocycles. The van der Waals surface area contributed by atoms with Crippen LogP contribution in [0.25, 0.3) is 0 Å². The third kappa shape index (κ3) is 5.35. The van der Waals surface area contributed by atoms with E-state index in [4.69, 9.17) is 14.6 Å². The molecule has 10 nitrogen and oxygen atoms in total. The maximum absolute atomic E-state index is 12.4. The molecule has 1 aromatic heterocycles. The first kappa shape index (κ1) is 22.8. The van der Waals surface area contributed by atoms with Crippen LogP contribution in [0.15, 0.2) is 71.2 Å². The number of allylic oxidation sites excluding steroid dienone is 1. The fourth-order valence-corrected chi connectivity index (χ4v) is 4.42. The number of carbonyl (C=O) groups excluding carboxylic acids is 1. The highest BCUT2D eigenvalue weighted by Gasteiger charge is 2.28. The van der Waals surface area contributed by atoms with Gasteiger partial charge in [0.2, 0.25) is 15.9 Å². The van der Waals surface area contributed by atoms with Crippen LogP contribution in [0.3, 0.4) is 0 Å². The van der Waals surface area contributed by atoms with Gasteiger partial charge in [-0.1, -0.05) is 30.0 Å². The van der Waals surface area contributed by atoms with Crippen molar-refractivity contribution in [2.75, 3.05) is 17.7 Å². The summed E-state index contributed by atoms with van der Waals surface area (Å²) in [6.07, 6.45) is 1.26. The number of nitrogens with one attached hydrogen (secondary N) is 1. The average molecular weight is 488 g/mol. The molecule has 12 heteroatoms. The van der Waals surface area contributed by atoms with Gasteiger partial charge >= 0.3 is 0 Å². The molecule has 0 saturated carbocycles. The number of hydrogen-bond acceptors (Lipinski definition) is 8. The number of carbonyl (C=O) groups is 1. The Labute approximate surface area is 194 Å². The number of benzene rings is 2. The van der Waals surface area contributed by atoms with Crippen LogP contribution in [-0.2, 0) is 21.4 Å². The number of amides is 1. The average Bonchev–Trinajstić information content (AvgIpc) is 3.20. The molecule has 0 bridgehead atoms. The highest BCUT2D eigenvalue weighted by atomic mass is 32.2. The lowest BCUT2D eigenvalue weighted by atomic mass is 10.2. The Bertz CT molecular complexity index is 1270. The van der Waals surface area contributed by atoms with E-state index in [-0.39, 0.29) is 23.2 Å². The summed E-state index contributed by atoms with van der Waals surface area (Å²) in [7, 11) is -3.79. The van der Waals surface area contributed by atoms with E-state index in [1.807, 2.05) is 28.8 Å². The minimum absolute atomic E-state index is 0.0311. The molecule has 33 heavy (non-hydrogen) atoms. The lowest BCUT2D eigenvalue weighted by molar-refractivity contribution is -0.113. The molecule has 0 unspecified atom stereocenters. The van der Waals surface area contributed by atoms with Crippen molar-refractivity contribution in [2.45, 2.75) is 22.7 Å². The first-order valence-corrected chi connectivity index (χ1v) is 12.4. The number of ether oxygens (including phenoxy) is 2. The standard InChI is InChI=1S/C21H21N5O5S2/c1-2-11-26-20(18-12-30-16-5-3-4-6-17(16)31-18)24-25-21(26)32-13-19(27)23-14-7-9-15(10-8-14)33(22,28)29/h2-10,18H,1,11-13H2,(H,23,27)(H2,22,28,29)/t18-/m0/s1. The van der Waals surface area contributed by atoms with Gasteiger partial charge in [0.1, 0.15) is 6.61 Å². The van der Waals surface area contributed by atoms with Crippen LogP contribution in [0, 0.1) is 0 Å². The largest absolute Gasteiger partial charge is 0.485 e. The minimum atomic E-state index is -3.79. The summed E-state index contributed by atoms with van der Waals surface area (Å²) in [5.41, 5.74) is 0.452. The summed E-state index contributed by atoms with van der Waals surface area (Å²) < 4.78 is 36.3. The van der Waals surface area contributed by atoms with Crippen LogP contribution in [0.1, 0.15) is 11.9 Å². The Kier molecular flexibility index (Phi) is 6.67. The first-order valence-electron chi connectivity index (χ1n) is 9.83. The number of fused-ring (bicyclic) bond motifs is 1. The van der Waals surface area contributed by atoms with Crippen molar-refractivity contribution in [2.24, 2.45) is 5.14 Å². The van der Waals surface area contributed by atoms with Gasteiger partial charge in [-0.3, -0.25) is 9.36 Å². The molecule has 1 atom stereocenters. The van der Waals surface area contributed by atoms with Gasteiger partial charge in [-0.15, -0.1) is 16.8 Å². The van der Waals surface area contributed by atoms with Gasteiger partial charge < -0.3 is 14.8 Å². The van der Waals surface area contributed by atoms with E-state index in [1.165, 1.54) is 36.0 Å². The molecular weight excluding hydrogens is 466 g/mol. The van der Waals surface area contributed by atoms with Gasteiger partial charge in [0.05, 0.1) is 10.6 Å². The van der Waals surface area contributed by atoms with E-state index in [0.717, 1.165) is 0 Å². The lowest BCUT2D eigenvalue weighted by Gasteiger charge is -2.26. The van der Waals surface area contributed by atoms with E-state index >= 15 is 0 Å². The Balaban J connectivity index is 1.42. The number of sulfonamides is 1. The molecule has 3 N–H and O–H groups in total. The van der Waals surface area contributed by atoms with E-state index < -0.39 is 16.1 Å². The Hall–Kier alpha value is -3.35. The predicted octanol–water partition coefficient (Wildman–Crippen LogP) is 2.35. The highest BCUT2D eigenvalue weighted by Crippen LogP contribution is 2.36. The molecule has 1 aliphatic rings. The van der Waals surface area contributed by atoms with E-state index in [0.29, 0.717) is 34.7 Å². The summed E-state index contributed by atoms with van der Waals surface area (Å²) in [5.74, 6) is 1.66. The number of para-hydroxylation sites is 2. The Morgan fingerprint density at radius 2 is 1.94 bits per heavy atom. The predicted molar refractivity (Wildman–Crippen MR) is 123 cm³/mol. The zero-order valence-electron chi connectivity index (χ0n) is 17.4. The monoisotopic (exact) mass is 487 g/mol. The second-order valence-electron chi connectivity index (χ2n) is 7.01. The number of rotatable bonds is 8. The molecule has 0 radical (unpaired) electrons. The Morgan fingerprint density at radius 3 is 2.64 bits per heavy atom. The van der Waals surface area contributed by atoms with Crippen LogP contribution in [0.4, 0.5) is 5.69 Å². The molecule has 0 spiro atoms. The van der Waals surface area contributed by atoms with Gasteiger partial charge in [0, 0.05) is 12.2 Å². The molecule has 0 fully saturated rings. The number of nitrogens with two attached hydrogens (primary N) is 1. The number of primary sulfonamides is 1. The molecule has 0 aliphatic carbocycles. The van der Waals surface area contributed by atoms with Crippen molar-refractivity contribution in [1.29, 1.82) is 0 Å². The highest BCUT2D eigenvalue weighted by molar-refractivity contribution is 7.99. The van der Waals surface area contributed by atoms with Crippen LogP contribution >= 0.6 is 11.8 Å². The van der Waals surface area contributed by atoms with Crippen molar-refractivity contribution in [3.63, 3.8) is 0 Å². The normalized spacial score (nSPS) is 15.1. The van der Waals surface area contributed by atoms with Gasteiger partial charge in [-0.05, 0) is 36.4 Å². The molecule has 1 aliphatic heterocycles. The zero-order valence-corrected chi connectivity index (χ0v) is 19.0. The van der Waals surface area contributed by atoms with Gasteiger partial charge in [-0.25, -0.2) is 13.6 Å². The number of nitrogens with zero attached hydrogens (tertiary/aromatic N) is 3. The van der Waals surface area contributed by atoms with Crippen molar-refractivity contribution in [3.8, 4) is 11.5 Å². The quantitative estimate of drug-likeness (QED) is 0.365. The second-order valence-corrected chi connectivity index (χ2v) is 9.51. The number of thioether (sulfide) groups is 1. The maximum Gasteiger partial charge on any atom is 0.238 e. The molecule has 4 rings (SSSR count). The summed E-state index contributed by atoms with van der Waals surface area (Å²) in [5, 5.41) is 16.8. The SMILES string of the molecule is C=CCn1c(SCC(=O)Nc2ccc(S(N)(=O)=O)cc2)nnc1[C@@H]1COc2ccccc2O1. The summed E-state index contributed by atoms with van der Waals surface area (Å²) in [6, 6.07) is 13.0. The maximum atomic E-state index is 12.4. The van der Waals surface area contributed by atoms with Crippen LogP contribution < -0.4 is 19.9 Å². The molecule has 1 amide bonds.